The average Bonchev–Trinajstić information content (AvgIpc) is 2.43. The third-order valence-electron chi connectivity index (χ3n) is 3.53. The lowest BCUT2D eigenvalue weighted by Gasteiger charge is -2.35. The van der Waals surface area contributed by atoms with Crippen molar-refractivity contribution in [1.29, 1.82) is 5.26 Å². The highest BCUT2D eigenvalue weighted by atomic mass is 16.5. The highest BCUT2D eigenvalue weighted by molar-refractivity contribution is 5.78. The molecule has 1 aliphatic heterocycles. The Morgan fingerprint density at radius 3 is 2.68 bits per heavy atom. The molecule has 1 aromatic rings. The van der Waals surface area contributed by atoms with Crippen molar-refractivity contribution in [3.63, 3.8) is 0 Å². The monoisotopic (exact) mass is 303 g/mol. The van der Waals surface area contributed by atoms with Crippen molar-refractivity contribution in [2.24, 2.45) is 0 Å². The molecule has 0 radical (unpaired) electrons. The molecule has 1 fully saturated rings. The molecule has 0 aliphatic carbocycles. The summed E-state index contributed by atoms with van der Waals surface area (Å²) in [5.74, 6) is 0.313. The predicted molar refractivity (Wildman–Crippen MR) is 80.5 cm³/mol. The highest BCUT2D eigenvalue weighted by Crippen LogP contribution is 2.21. The Balaban J connectivity index is 2.04. The molecule has 0 N–H and O–H groups in total. The Hall–Kier alpha value is -2.13. The van der Waals surface area contributed by atoms with Gasteiger partial charge in [-0.15, -0.1) is 0 Å². The molecule has 1 aliphatic rings. The van der Waals surface area contributed by atoms with Crippen LogP contribution in [0.15, 0.2) is 6.07 Å². The summed E-state index contributed by atoms with van der Waals surface area (Å²) in [6.07, 6.45) is 0.0422. The van der Waals surface area contributed by atoms with E-state index in [1.54, 1.807) is 17.9 Å². The molecule has 0 aromatic carbocycles. The van der Waals surface area contributed by atoms with Crippen LogP contribution >= 0.6 is 0 Å². The Morgan fingerprint density at radius 1 is 1.45 bits per heavy atom. The second kappa shape index (κ2) is 6.75. The van der Waals surface area contributed by atoms with E-state index in [0.29, 0.717) is 30.1 Å². The van der Waals surface area contributed by atoms with Gasteiger partial charge in [-0.1, -0.05) is 0 Å². The Bertz CT molecular complexity index is 599. The standard InChI is InChI=1S/C16H21N3O3/c1-10-5-15(14(6-17)13(4)18-10)21-9-16(20)19-7-11(2)22-12(3)8-19/h5,11-12H,7-9H2,1-4H3. The average molecular weight is 303 g/mol. The van der Waals surface area contributed by atoms with Gasteiger partial charge < -0.3 is 14.4 Å². The molecule has 6 heteroatoms. The molecule has 6 nitrogen and oxygen atoms in total. The van der Waals surface area contributed by atoms with E-state index < -0.39 is 0 Å². The van der Waals surface area contributed by atoms with E-state index in [1.807, 2.05) is 20.8 Å². The first kappa shape index (κ1) is 16.2. The first-order valence-corrected chi connectivity index (χ1v) is 7.35. The van der Waals surface area contributed by atoms with E-state index >= 15 is 0 Å². The largest absolute Gasteiger partial charge is 0.482 e. The zero-order chi connectivity index (χ0) is 16.3. The summed E-state index contributed by atoms with van der Waals surface area (Å²) in [4.78, 5) is 18.2. The van der Waals surface area contributed by atoms with Gasteiger partial charge in [-0.05, 0) is 27.7 Å². The van der Waals surface area contributed by atoms with Gasteiger partial charge in [0.05, 0.1) is 17.9 Å². The molecule has 2 unspecified atom stereocenters. The lowest BCUT2D eigenvalue weighted by molar-refractivity contribution is -0.145. The minimum absolute atomic E-state index is 0.0211. The number of aromatic nitrogens is 1. The third-order valence-corrected chi connectivity index (χ3v) is 3.53. The number of aryl methyl sites for hydroxylation is 2. The molecule has 0 bridgehead atoms. The minimum atomic E-state index is -0.0991. The lowest BCUT2D eigenvalue weighted by atomic mass is 10.2. The molecular weight excluding hydrogens is 282 g/mol. The van der Waals surface area contributed by atoms with Crippen LogP contribution in [0.2, 0.25) is 0 Å². The summed E-state index contributed by atoms with van der Waals surface area (Å²) in [5.41, 5.74) is 1.74. The summed E-state index contributed by atoms with van der Waals surface area (Å²) in [5, 5.41) is 9.19. The Morgan fingerprint density at radius 2 is 2.09 bits per heavy atom. The summed E-state index contributed by atoms with van der Waals surface area (Å²) in [6, 6.07) is 3.76. The van der Waals surface area contributed by atoms with Gasteiger partial charge in [-0.3, -0.25) is 9.78 Å². The molecule has 1 saturated heterocycles. The van der Waals surface area contributed by atoms with Gasteiger partial charge in [0, 0.05) is 24.8 Å². The van der Waals surface area contributed by atoms with Crippen molar-refractivity contribution in [3.8, 4) is 11.8 Å². The predicted octanol–water partition coefficient (Wildman–Crippen LogP) is 1.58. The number of carbonyl (C=O) groups excluding carboxylic acids is 1. The lowest BCUT2D eigenvalue weighted by Crippen LogP contribution is -2.49. The number of hydrogen-bond donors (Lipinski definition) is 0. The van der Waals surface area contributed by atoms with Gasteiger partial charge in [0.2, 0.25) is 0 Å². The van der Waals surface area contributed by atoms with Crippen LogP contribution in [0.25, 0.3) is 0 Å². The summed E-state index contributed by atoms with van der Waals surface area (Å²) in [7, 11) is 0. The number of amides is 1. The number of ether oxygens (including phenoxy) is 2. The highest BCUT2D eigenvalue weighted by Gasteiger charge is 2.26. The second-order valence-electron chi connectivity index (χ2n) is 5.68. The molecule has 2 atom stereocenters. The number of carbonyl (C=O) groups is 1. The molecule has 22 heavy (non-hydrogen) atoms. The Kier molecular flexibility index (Phi) is 4.99. The van der Waals surface area contributed by atoms with Crippen LogP contribution in [-0.4, -0.2) is 47.7 Å². The van der Waals surface area contributed by atoms with Gasteiger partial charge in [0.1, 0.15) is 17.4 Å². The number of hydrogen-bond acceptors (Lipinski definition) is 5. The minimum Gasteiger partial charge on any atom is -0.482 e. The number of morpholine rings is 1. The summed E-state index contributed by atoms with van der Waals surface area (Å²) >= 11 is 0. The van der Waals surface area contributed by atoms with Crippen LogP contribution in [0.5, 0.6) is 5.75 Å². The molecule has 2 heterocycles. The van der Waals surface area contributed by atoms with Gasteiger partial charge in [0.25, 0.3) is 5.91 Å². The quantitative estimate of drug-likeness (QED) is 0.847. The van der Waals surface area contributed by atoms with Gasteiger partial charge in [-0.25, -0.2) is 0 Å². The zero-order valence-corrected chi connectivity index (χ0v) is 13.4. The fourth-order valence-corrected chi connectivity index (χ4v) is 2.66. The van der Waals surface area contributed by atoms with Crippen molar-refractivity contribution in [2.75, 3.05) is 19.7 Å². The summed E-state index contributed by atoms with van der Waals surface area (Å²) < 4.78 is 11.2. The van der Waals surface area contributed by atoms with E-state index in [4.69, 9.17) is 9.47 Å². The maximum atomic E-state index is 12.3. The molecule has 2 rings (SSSR count). The topological polar surface area (TPSA) is 75.4 Å². The van der Waals surface area contributed by atoms with Crippen molar-refractivity contribution in [3.05, 3.63) is 23.0 Å². The van der Waals surface area contributed by atoms with Crippen molar-refractivity contribution in [1.82, 2.24) is 9.88 Å². The maximum absolute atomic E-state index is 12.3. The SMILES string of the molecule is Cc1cc(OCC(=O)N2CC(C)OC(C)C2)c(C#N)c(C)n1. The maximum Gasteiger partial charge on any atom is 0.260 e. The molecule has 0 saturated carbocycles. The molecule has 1 amide bonds. The first-order chi connectivity index (χ1) is 10.4. The first-order valence-electron chi connectivity index (χ1n) is 7.35. The van der Waals surface area contributed by atoms with Crippen LogP contribution in [0, 0.1) is 25.2 Å². The number of nitriles is 1. The normalized spacial score (nSPS) is 21.3. The molecule has 118 valence electrons. The van der Waals surface area contributed by atoms with Crippen LogP contribution in [0.4, 0.5) is 0 Å². The Labute approximate surface area is 130 Å². The van der Waals surface area contributed by atoms with Crippen LogP contribution in [0.3, 0.4) is 0 Å². The summed E-state index contributed by atoms with van der Waals surface area (Å²) in [6.45, 7) is 8.51. The van der Waals surface area contributed by atoms with E-state index in [-0.39, 0.29) is 24.7 Å². The van der Waals surface area contributed by atoms with Crippen LogP contribution in [-0.2, 0) is 9.53 Å². The third kappa shape index (κ3) is 3.74. The van der Waals surface area contributed by atoms with E-state index in [1.165, 1.54) is 0 Å². The second-order valence-corrected chi connectivity index (χ2v) is 5.68. The van der Waals surface area contributed by atoms with Crippen LogP contribution in [0.1, 0.15) is 30.8 Å². The van der Waals surface area contributed by atoms with Crippen LogP contribution < -0.4 is 4.74 Å². The number of pyridine rings is 1. The van der Waals surface area contributed by atoms with Crippen molar-refractivity contribution >= 4 is 5.91 Å². The zero-order valence-electron chi connectivity index (χ0n) is 13.4. The molecule has 0 spiro atoms. The van der Waals surface area contributed by atoms with Crippen molar-refractivity contribution < 1.29 is 14.3 Å². The number of rotatable bonds is 3. The van der Waals surface area contributed by atoms with E-state index in [2.05, 4.69) is 11.1 Å². The fraction of sp³-hybridized carbons (Fsp3) is 0.562. The molecule has 1 aromatic heterocycles. The van der Waals surface area contributed by atoms with Crippen molar-refractivity contribution in [2.45, 2.75) is 39.9 Å². The number of nitrogens with zero attached hydrogens (tertiary/aromatic N) is 3. The van der Waals surface area contributed by atoms with E-state index in [0.717, 1.165) is 5.69 Å². The van der Waals surface area contributed by atoms with Gasteiger partial charge in [0.15, 0.2) is 6.61 Å². The van der Waals surface area contributed by atoms with E-state index in [9.17, 15) is 10.1 Å². The fourth-order valence-electron chi connectivity index (χ4n) is 2.66. The van der Waals surface area contributed by atoms with Gasteiger partial charge in [-0.2, -0.15) is 5.26 Å². The smallest absolute Gasteiger partial charge is 0.260 e. The molecular formula is C16H21N3O3. The van der Waals surface area contributed by atoms with Gasteiger partial charge >= 0.3 is 0 Å².